The number of hydrogen-bond donors (Lipinski definition) is 0. The molecule has 1 aliphatic carbocycles. The van der Waals surface area contributed by atoms with Crippen molar-refractivity contribution in [3.8, 4) is 0 Å². The van der Waals surface area contributed by atoms with Gasteiger partial charge >= 0.3 is 0 Å². The summed E-state index contributed by atoms with van der Waals surface area (Å²) in [5.41, 5.74) is 1.97. The molecule has 25 heavy (non-hydrogen) atoms. The van der Waals surface area contributed by atoms with Crippen molar-refractivity contribution in [2.45, 2.75) is 44.3 Å². The first kappa shape index (κ1) is 16.8. The van der Waals surface area contributed by atoms with Gasteiger partial charge in [-0.2, -0.15) is 10.2 Å². The third kappa shape index (κ3) is 3.64. The van der Waals surface area contributed by atoms with E-state index >= 15 is 0 Å². The van der Waals surface area contributed by atoms with Crippen molar-refractivity contribution in [3.63, 3.8) is 0 Å². The van der Waals surface area contributed by atoms with Gasteiger partial charge in [0.05, 0.1) is 35.5 Å². The van der Waals surface area contributed by atoms with Crippen LogP contribution in [-0.4, -0.2) is 50.9 Å². The third-order valence-electron chi connectivity index (χ3n) is 5.38. The van der Waals surface area contributed by atoms with E-state index in [-0.39, 0.29) is 17.5 Å². The molecule has 7 nitrogen and oxygen atoms in total. The molecule has 136 valence electrons. The lowest BCUT2D eigenvalue weighted by molar-refractivity contribution is 0.203. The van der Waals surface area contributed by atoms with E-state index in [2.05, 4.69) is 26.9 Å². The van der Waals surface area contributed by atoms with Crippen LogP contribution in [0.15, 0.2) is 24.7 Å². The first-order chi connectivity index (χ1) is 12.0. The van der Waals surface area contributed by atoms with E-state index in [0.717, 1.165) is 11.3 Å². The van der Waals surface area contributed by atoms with Crippen LogP contribution in [0.3, 0.4) is 0 Å². The van der Waals surface area contributed by atoms with Gasteiger partial charge in [-0.15, -0.1) is 0 Å². The van der Waals surface area contributed by atoms with Crippen molar-refractivity contribution >= 4 is 9.84 Å². The van der Waals surface area contributed by atoms with E-state index in [9.17, 15) is 8.42 Å². The van der Waals surface area contributed by atoms with E-state index in [4.69, 9.17) is 5.10 Å². The highest BCUT2D eigenvalue weighted by Crippen LogP contribution is 2.30. The van der Waals surface area contributed by atoms with Gasteiger partial charge in [0, 0.05) is 38.1 Å². The lowest BCUT2D eigenvalue weighted by Crippen LogP contribution is -2.42. The largest absolute Gasteiger partial charge is 0.288 e. The maximum absolute atomic E-state index is 12.1. The normalized spacial score (nSPS) is 24.8. The quantitative estimate of drug-likeness (QED) is 0.827. The fourth-order valence-corrected chi connectivity index (χ4v) is 5.56. The molecule has 0 N–H and O–H groups in total. The van der Waals surface area contributed by atoms with Crippen LogP contribution < -0.4 is 0 Å². The topological polar surface area (TPSA) is 73.0 Å². The molecule has 0 amide bonds. The van der Waals surface area contributed by atoms with Crippen LogP contribution in [0.5, 0.6) is 0 Å². The lowest BCUT2D eigenvalue weighted by atomic mass is 10.1. The Labute approximate surface area is 148 Å². The van der Waals surface area contributed by atoms with Gasteiger partial charge in [0.2, 0.25) is 0 Å². The van der Waals surface area contributed by atoms with Crippen LogP contribution in [0.2, 0.25) is 0 Å². The fraction of sp³-hybridized carbons (Fsp3) is 0.647. The molecule has 2 aromatic rings. The van der Waals surface area contributed by atoms with Gasteiger partial charge in [0.25, 0.3) is 0 Å². The molecule has 2 aliphatic rings. The minimum Gasteiger partial charge on any atom is -0.288 e. The minimum atomic E-state index is -3.01. The second-order valence-corrected chi connectivity index (χ2v) is 9.50. The molecule has 8 heteroatoms. The molecular formula is C17H25N5O2S. The average molecular weight is 363 g/mol. The van der Waals surface area contributed by atoms with Crippen LogP contribution in [0.25, 0.3) is 0 Å². The predicted molar refractivity (Wildman–Crippen MR) is 94.7 cm³/mol. The SMILES string of the molecule is Cn1cc(C2CS(=O)(=O)CCN2Cc2ccn(C3CCCC3)n2)cn1. The van der Waals surface area contributed by atoms with Gasteiger partial charge in [0.1, 0.15) is 0 Å². The van der Waals surface area contributed by atoms with Crippen LogP contribution >= 0.6 is 0 Å². The molecule has 0 aromatic carbocycles. The lowest BCUT2D eigenvalue weighted by Gasteiger charge is -2.34. The Kier molecular flexibility index (Phi) is 4.41. The van der Waals surface area contributed by atoms with E-state index in [0.29, 0.717) is 19.1 Å². The second kappa shape index (κ2) is 6.57. The van der Waals surface area contributed by atoms with Crippen LogP contribution in [0.4, 0.5) is 0 Å². The minimum absolute atomic E-state index is 0.149. The van der Waals surface area contributed by atoms with Crippen molar-refractivity contribution < 1.29 is 8.42 Å². The summed E-state index contributed by atoms with van der Waals surface area (Å²) >= 11 is 0. The Morgan fingerprint density at radius 1 is 1.28 bits per heavy atom. The van der Waals surface area contributed by atoms with Gasteiger partial charge in [-0.3, -0.25) is 14.3 Å². The molecule has 3 heterocycles. The fourth-order valence-electron chi connectivity index (χ4n) is 3.99. The van der Waals surface area contributed by atoms with Crippen LogP contribution in [-0.2, 0) is 23.4 Å². The zero-order valence-electron chi connectivity index (χ0n) is 14.6. The Morgan fingerprint density at radius 2 is 2.08 bits per heavy atom. The smallest absolute Gasteiger partial charge is 0.153 e. The number of sulfone groups is 1. The summed E-state index contributed by atoms with van der Waals surface area (Å²) in [5, 5.41) is 8.97. The second-order valence-electron chi connectivity index (χ2n) is 7.27. The van der Waals surface area contributed by atoms with Gasteiger partial charge in [0.15, 0.2) is 9.84 Å². The monoisotopic (exact) mass is 363 g/mol. The molecule has 1 unspecified atom stereocenters. The number of hydrogen-bond acceptors (Lipinski definition) is 5. The molecule has 1 aliphatic heterocycles. The van der Waals surface area contributed by atoms with Crippen LogP contribution in [0.1, 0.15) is 49.0 Å². The maximum Gasteiger partial charge on any atom is 0.153 e. The third-order valence-corrected chi connectivity index (χ3v) is 7.01. The Morgan fingerprint density at radius 3 is 2.80 bits per heavy atom. The summed E-state index contributed by atoms with van der Waals surface area (Å²) < 4.78 is 28.1. The number of nitrogens with zero attached hydrogens (tertiary/aromatic N) is 5. The van der Waals surface area contributed by atoms with Crippen molar-refractivity contribution in [2.24, 2.45) is 7.05 Å². The summed E-state index contributed by atoms with van der Waals surface area (Å²) in [6, 6.07) is 2.45. The molecule has 2 aromatic heterocycles. The van der Waals surface area contributed by atoms with E-state index in [1.54, 1.807) is 10.9 Å². The van der Waals surface area contributed by atoms with Crippen molar-refractivity contribution in [2.75, 3.05) is 18.1 Å². The average Bonchev–Trinajstić information content (AvgIpc) is 3.29. The summed E-state index contributed by atoms with van der Waals surface area (Å²) in [7, 11) is -1.15. The predicted octanol–water partition coefficient (Wildman–Crippen LogP) is 1.70. The molecule has 0 bridgehead atoms. The van der Waals surface area contributed by atoms with Crippen molar-refractivity contribution in [3.05, 3.63) is 35.9 Å². The zero-order valence-corrected chi connectivity index (χ0v) is 15.4. The Balaban J connectivity index is 1.53. The van der Waals surface area contributed by atoms with Gasteiger partial charge in [-0.05, 0) is 18.9 Å². The van der Waals surface area contributed by atoms with Crippen LogP contribution in [0, 0.1) is 0 Å². The summed E-state index contributed by atoms with van der Waals surface area (Å²) in [5.74, 6) is 0.370. The maximum atomic E-state index is 12.1. The van der Waals surface area contributed by atoms with Gasteiger partial charge in [-0.25, -0.2) is 8.42 Å². The summed E-state index contributed by atoms with van der Waals surface area (Å²) in [4.78, 5) is 2.22. The standard InChI is InChI=1S/C17H25N5O2S/c1-20-11-14(10-18-20)17-13-25(23,24)9-8-21(17)12-15-6-7-22(19-15)16-4-2-3-5-16/h6-7,10-11,16-17H,2-5,8-9,12-13H2,1H3. The van der Waals surface area contributed by atoms with Crippen molar-refractivity contribution in [1.29, 1.82) is 0 Å². The van der Waals surface area contributed by atoms with E-state index in [1.165, 1.54) is 25.7 Å². The van der Waals surface area contributed by atoms with E-state index < -0.39 is 9.84 Å². The molecule has 1 saturated carbocycles. The first-order valence-corrected chi connectivity index (χ1v) is 10.8. The molecule has 1 atom stereocenters. The molecule has 4 rings (SSSR count). The molecule has 0 spiro atoms. The summed E-state index contributed by atoms with van der Waals surface area (Å²) in [6.07, 6.45) is 10.7. The number of aryl methyl sites for hydroxylation is 1. The Bertz CT molecular complexity index is 835. The highest BCUT2D eigenvalue weighted by molar-refractivity contribution is 7.91. The van der Waals surface area contributed by atoms with Gasteiger partial charge in [-0.1, -0.05) is 12.8 Å². The van der Waals surface area contributed by atoms with Crippen molar-refractivity contribution in [1.82, 2.24) is 24.5 Å². The molecule has 2 fully saturated rings. The number of aromatic nitrogens is 4. The summed E-state index contributed by atoms with van der Waals surface area (Å²) in [6.45, 7) is 1.22. The number of rotatable bonds is 4. The van der Waals surface area contributed by atoms with E-state index in [1.807, 2.05) is 13.2 Å². The Hall–Kier alpha value is -1.67. The zero-order chi connectivity index (χ0) is 17.4. The van der Waals surface area contributed by atoms with Gasteiger partial charge < -0.3 is 0 Å². The first-order valence-electron chi connectivity index (χ1n) is 8.97. The molecular weight excluding hydrogens is 338 g/mol. The highest BCUT2D eigenvalue weighted by Gasteiger charge is 2.33. The highest BCUT2D eigenvalue weighted by atomic mass is 32.2. The molecule has 1 saturated heterocycles. The molecule has 0 radical (unpaired) electrons.